The van der Waals surface area contributed by atoms with Crippen LogP contribution in [0, 0.1) is 5.92 Å². The maximum atomic E-state index is 5.43. The molecule has 1 aliphatic heterocycles. The Balaban J connectivity index is 1.96. The average molecular weight is 298 g/mol. The Bertz CT molecular complexity index is 333. The van der Waals surface area contributed by atoms with Crippen LogP contribution in [0.5, 0.6) is 0 Å². The number of likely N-dealkylation sites (N-methyl/N-ethyl adjacent to an activating group) is 1. The molecule has 0 bridgehead atoms. The van der Waals surface area contributed by atoms with Gasteiger partial charge in [-0.05, 0) is 49.9 Å². The van der Waals surface area contributed by atoms with E-state index < -0.39 is 0 Å². The smallest absolute Gasteiger partial charge is 0.0469 e. The van der Waals surface area contributed by atoms with E-state index in [0.717, 1.165) is 30.0 Å². The molecule has 17 heavy (non-hydrogen) atoms. The molecule has 1 N–H and O–H groups in total. The fourth-order valence-corrected chi connectivity index (χ4v) is 2.76. The van der Waals surface area contributed by atoms with Gasteiger partial charge in [-0.2, -0.15) is 0 Å². The number of nitrogens with one attached hydrogen (secondary N) is 1. The van der Waals surface area contributed by atoms with Crippen molar-refractivity contribution < 1.29 is 4.74 Å². The second-order valence-electron chi connectivity index (χ2n) is 4.68. The minimum Gasteiger partial charge on any atom is -0.381 e. The molecule has 1 aromatic rings. The highest BCUT2D eigenvalue weighted by Crippen LogP contribution is 2.22. The highest BCUT2D eigenvalue weighted by molar-refractivity contribution is 9.10. The largest absolute Gasteiger partial charge is 0.381 e. The van der Waals surface area contributed by atoms with Crippen LogP contribution in [0.3, 0.4) is 0 Å². The molecule has 2 nitrogen and oxygen atoms in total. The molecule has 1 atom stereocenters. The predicted molar refractivity (Wildman–Crippen MR) is 74.2 cm³/mol. The lowest BCUT2D eigenvalue weighted by molar-refractivity contribution is 0.0547. The molecule has 1 aromatic carbocycles. The summed E-state index contributed by atoms with van der Waals surface area (Å²) >= 11 is 3.47. The number of benzene rings is 1. The summed E-state index contributed by atoms with van der Waals surface area (Å²) in [6, 6.07) is 9.21. The minimum absolute atomic E-state index is 0.570. The summed E-state index contributed by atoms with van der Waals surface area (Å²) < 4.78 is 6.57. The van der Waals surface area contributed by atoms with Gasteiger partial charge in [0.25, 0.3) is 0 Å². The molecule has 0 amide bonds. The van der Waals surface area contributed by atoms with Gasteiger partial charge in [0.1, 0.15) is 0 Å². The lowest BCUT2D eigenvalue weighted by Crippen LogP contribution is -2.38. The van der Waals surface area contributed by atoms with Crippen LogP contribution in [0.1, 0.15) is 18.4 Å². The third-order valence-corrected chi connectivity index (χ3v) is 4.10. The van der Waals surface area contributed by atoms with Crippen molar-refractivity contribution in [3.8, 4) is 0 Å². The second-order valence-corrected chi connectivity index (χ2v) is 5.59. The SMILES string of the molecule is CNC(Cc1ccc(Br)cc1)C1CCOCC1. The van der Waals surface area contributed by atoms with Gasteiger partial charge >= 0.3 is 0 Å². The van der Waals surface area contributed by atoms with E-state index in [0.29, 0.717) is 6.04 Å². The van der Waals surface area contributed by atoms with E-state index in [-0.39, 0.29) is 0 Å². The molecular formula is C14H20BrNO. The van der Waals surface area contributed by atoms with Gasteiger partial charge < -0.3 is 10.1 Å². The summed E-state index contributed by atoms with van der Waals surface area (Å²) in [4.78, 5) is 0. The lowest BCUT2D eigenvalue weighted by Gasteiger charge is -2.30. The second kappa shape index (κ2) is 6.53. The average Bonchev–Trinajstić information content (AvgIpc) is 2.39. The van der Waals surface area contributed by atoms with Gasteiger partial charge in [0.2, 0.25) is 0 Å². The van der Waals surface area contributed by atoms with Crippen molar-refractivity contribution in [1.82, 2.24) is 5.32 Å². The van der Waals surface area contributed by atoms with E-state index in [1.807, 2.05) is 0 Å². The molecule has 0 aromatic heterocycles. The zero-order valence-corrected chi connectivity index (χ0v) is 11.9. The van der Waals surface area contributed by atoms with E-state index in [9.17, 15) is 0 Å². The molecule has 94 valence electrons. The first kappa shape index (κ1) is 13.1. The number of hydrogen-bond donors (Lipinski definition) is 1. The lowest BCUT2D eigenvalue weighted by atomic mass is 9.88. The molecule has 0 radical (unpaired) electrons. The van der Waals surface area contributed by atoms with Crippen LogP contribution in [0.4, 0.5) is 0 Å². The van der Waals surface area contributed by atoms with Crippen LogP contribution < -0.4 is 5.32 Å². The number of ether oxygens (including phenoxy) is 1. The van der Waals surface area contributed by atoms with E-state index in [1.54, 1.807) is 0 Å². The standard InChI is InChI=1S/C14H20BrNO/c1-16-14(12-6-8-17-9-7-12)10-11-2-4-13(15)5-3-11/h2-5,12,14,16H,6-10H2,1H3. The molecule has 0 saturated carbocycles. The van der Waals surface area contributed by atoms with Gasteiger partial charge in [0, 0.05) is 23.7 Å². The molecule has 1 unspecified atom stereocenters. The Morgan fingerprint density at radius 2 is 1.94 bits per heavy atom. The number of rotatable bonds is 4. The monoisotopic (exact) mass is 297 g/mol. The normalized spacial score (nSPS) is 19.2. The van der Waals surface area contributed by atoms with Crippen molar-refractivity contribution in [1.29, 1.82) is 0 Å². The van der Waals surface area contributed by atoms with Crippen LogP contribution >= 0.6 is 15.9 Å². The van der Waals surface area contributed by atoms with Crippen LogP contribution in [0.15, 0.2) is 28.7 Å². The summed E-state index contributed by atoms with van der Waals surface area (Å²) in [5.74, 6) is 0.748. The molecule has 1 aliphatic rings. The first-order valence-corrected chi connectivity index (χ1v) is 7.08. The van der Waals surface area contributed by atoms with Crippen molar-refractivity contribution in [3.05, 3.63) is 34.3 Å². The van der Waals surface area contributed by atoms with E-state index >= 15 is 0 Å². The van der Waals surface area contributed by atoms with E-state index in [4.69, 9.17) is 4.74 Å². The molecule has 1 saturated heterocycles. The van der Waals surface area contributed by atoms with Crippen molar-refractivity contribution in [2.24, 2.45) is 5.92 Å². The Morgan fingerprint density at radius 1 is 1.29 bits per heavy atom. The fourth-order valence-electron chi connectivity index (χ4n) is 2.50. The van der Waals surface area contributed by atoms with E-state index in [1.165, 1.54) is 18.4 Å². The van der Waals surface area contributed by atoms with Crippen molar-refractivity contribution in [2.45, 2.75) is 25.3 Å². The Hall–Kier alpha value is -0.380. The summed E-state index contributed by atoms with van der Waals surface area (Å²) in [7, 11) is 2.07. The summed E-state index contributed by atoms with van der Waals surface area (Å²) in [6.45, 7) is 1.84. The van der Waals surface area contributed by atoms with Crippen LogP contribution in [-0.2, 0) is 11.2 Å². The molecule has 1 fully saturated rings. The third-order valence-electron chi connectivity index (χ3n) is 3.57. The van der Waals surface area contributed by atoms with Crippen molar-refractivity contribution in [3.63, 3.8) is 0 Å². The highest BCUT2D eigenvalue weighted by atomic mass is 79.9. The third kappa shape index (κ3) is 3.80. The van der Waals surface area contributed by atoms with Crippen LogP contribution in [-0.4, -0.2) is 26.3 Å². The van der Waals surface area contributed by atoms with E-state index in [2.05, 4.69) is 52.6 Å². The summed E-state index contributed by atoms with van der Waals surface area (Å²) in [5.41, 5.74) is 1.40. The van der Waals surface area contributed by atoms with Gasteiger partial charge in [0.15, 0.2) is 0 Å². The highest BCUT2D eigenvalue weighted by Gasteiger charge is 2.22. The van der Waals surface area contributed by atoms with Crippen LogP contribution in [0.25, 0.3) is 0 Å². The fraction of sp³-hybridized carbons (Fsp3) is 0.571. The van der Waals surface area contributed by atoms with Crippen molar-refractivity contribution >= 4 is 15.9 Å². The van der Waals surface area contributed by atoms with Crippen LogP contribution in [0.2, 0.25) is 0 Å². The summed E-state index contributed by atoms with van der Waals surface area (Å²) in [5, 5.41) is 3.47. The number of hydrogen-bond acceptors (Lipinski definition) is 2. The van der Waals surface area contributed by atoms with Gasteiger partial charge in [-0.3, -0.25) is 0 Å². The van der Waals surface area contributed by atoms with Gasteiger partial charge in [0.05, 0.1) is 0 Å². The molecule has 0 aliphatic carbocycles. The zero-order chi connectivity index (χ0) is 12.1. The minimum atomic E-state index is 0.570. The molecule has 1 heterocycles. The molecule has 3 heteroatoms. The first-order valence-electron chi connectivity index (χ1n) is 6.29. The maximum Gasteiger partial charge on any atom is 0.0469 e. The Morgan fingerprint density at radius 3 is 2.53 bits per heavy atom. The quantitative estimate of drug-likeness (QED) is 0.922. The van der Waals surface area contributed by atoms with Gasteiger partial charge in [-0.15, -0.1) is 0 Å². The van der Waals surface area contributed by atoms with Gasteiger partial charge in [-0.25, -0.2) is 0 Å². The predicted octanol–water partition coefficient (Wildman–Crippen LogP) is 3.01. The summed E-state index contributed by atoms with van der Waals surface area (Å²) in [6.07, 6.45) is 3.47. The number of halogens is 1. The molecule has 0 spiro atoms. The van der Waals surface area contributed by atoms with Gasteiger partial charge in [-0.1, -0.05) is 28.1 Å². The molecular weight excluding hydrogens is 278 g/mol. The Labute approximate surface area is 112 Å². The molecule has 2 rings (SSSR count). The topological polar surface area (TPSA) is 21.3 Å². The Kier molecular flexibility index (Phi) is 5.01. The van der Waals surface area contributed by atoms with Crippen molar-refractivity contribution in [2.75, 3.05) is 20.3 Å². The first-order chi connectivity index (χ1) is 8.29. The zero-order valence-electron chi connectivity index (χ0n) is 10.3. The maximum absolute atomic E-state index is 5.43.